The summed E-state index contributed by atoms with van der Waals surface area (Å²) in [5, 5.41) is 5.93. The van der Waals surface area contributed by atoms with Gasteiger partial charge >= 0.3 is 12.2 Å². The van der Waals surface area contributed by atoms with Crippen molar-refractivity contribution >= 4 is 57.8 Å². The number of ether oxygens (including phenoxy) is 2. The second-order valence-electron chi connectivity index (χ2n) is 26.1. The van der Waals surface area contributed by atoms with E-state index >= 15 is 8.42 Å². The first-order valence-corrected chi connectivity index (χ1v) is 31.0. The van der Waals surface area contributed by atoms with Crippen LogP contribution in [0.25, 0.3) is 0 Å². The maximum Gasteiger partial charge on any atom is 0.410 e. The molecule has 82 heavy (non-hydrogen) atoms. The Morgan fingerprint density at radius 3 is 1.37 bits per heavy atom. The number of carbonyl (C=O) groups is 6. The molecular formula is C62H94N8O10S2. The average molecular weight is 1180 g/mol. The zero-order valence-electron chi connectivity index (χ0n) is 51.6. The van der Waals surface area contributed by atoms with Crippen molar-refractivity contribution in [1.82, 2.24) is 38.8 Å². The Morgan fingerprint density at radius 1 is 0.585 bits per heavy atom. The van der Waals surface area contributed by atoms with Crippen LogP contribution in [0.1, 0.15) is 134 Å². The zero-order chi connectivity index (χ0) is 61.1. The summed E-state index contributed by atoms with van der Waals surface area (Å²) in [4.78, 5) is 89.7. The molecule has 2 heterocycles. The minimum absolute atomic E-state index is 0.0335. The number of likely N-dealkylation sites (N-methyl/N-ethyl adjacent to an activating group) is 2. The van der Waals surface area contributed by atoms with Gasteiger partial charge in [0, 0.05) is 70.3 Å². The fraction of sp³-hybridized carbons (Fsp3) is 0.613. The van der Waals surface area contributed by atoms with Gasteiger partial charge < -0.3 is 29.9 Å². The van der Waals surface area contributed by atoms with Crippen LogP contribution in [0.3, 0.4) is 0 Å². The Bertz CT molecular complexity index is 2740. The number of amides is 6. The van der Waals surface area contributed by atoms with Crippen LogP contribution in [-0.4, -0.2) is 173 Å². The highest BCUT2D eigenvalue weighted by atomic mass is 32.2. The molecular weight excluding hydrogens is 1080 g/mol. The lowest BCUT2D eigenvalue weighted by molar-refractivity contribution is -0.141. The van der Waals surface area contributed by atoms with Crippen LogP contribution in [-0.2, 0) is 51.5 Å². The fourth-order valence-electron chi connectivity index (χ4n) is 9.84. The third-order valence-electron chi connectivity index (χ3n) is 14.9. The van der Waals surface area contributed by atoms with E-state index < -0.39 is 86.3 Å². The van der Waals surface area contributed by atoms with Gasteiger partial charge in [-0.25, -0.2) is 22.3 Å². The summed E-state index contributed by atoms with van der Waals surface area (Å²) in [6.07, 6.45) is 2.56. The molecule has 2 aliphatic rings. The Kier molecular flexibility index (Phi) is 23.1. The molecule has 2 aliphatic heterocycles. The van der Waals surface area contributed by atoms with E-state index in [-0.39, 0.29) is 35.8 Å². The molecule has 6 amide bonds. The molecule has 2 fully saturated rings. The predicted molar refractivity (Wildman–Crippen MR) is 322 cm³/mol. The molecule has 454 valence electrons. The number of hydrogen-bond donors (Lipinski definition) is 2. The van der Waals surface area contributed by atoms with Crippen LogP contribution in [0.2, 0.25) is 0 Å². The Hall–Kier alpha value is -5.70. The van der Waals surface area contributed by atoms with Gasteiger partial charge in [-0.15, -0.1) is 0 Å². The van der Waals surface area contributed by atoms with E-state index in [4.69, 9.17) is 9.47 Å². The Morgan fingerprint density at radius 2 is 0.976 bits per heavy atom. The van der Waals surface area contributed by atoms with Crippen LogP contribution < -0.4 is 10.6 Å². The van der Waals surface area contributed by atoms with E-state index in [0.717, 1.165) is 35.3 Å². The lowest BCUT2D eigenvalue weighted by Gasteiger charge is -2.38. The van der Waals surface area contributed by atoms with Gasteiger partial charge in [0.1, 0.15) is 35.4 Å². The molecule has 0 radical (unpaired) electrons. The summed E-state index contributed by atoms with van der Waals surface area (Å²) in [7, 11) is -1.16. The predicted octanol–water partition coefficient (Wildman–Crippen LogP) is 9.03. The normalized spacial score (nSPS) is 17.7. The Labute approximate surface area is 493 Å². The molecule has 3 aromatic rings. The molecule has 0 aliphatic carbocycles. The SMILES string of the molecule is C[C@@H](C(=O)N[C@H](C(=O)N1CCC[C@H]1CN(CCc1ccccc1)Sc1ccc(S(=O)(=O)N(CCc2ccccc2)C[C@@H]2CCCN2C(=O)[C@@H](NC(=O)[C@H](C)N(C)C(=O)OC(C)(C)C)C(C)(C)C)cc1)C(C)(C)C)N(C)C(=O)OC(C)(C)C. The number of benzene rings is 3. The number of rotatable bonds is 22. The van der Waals surface area contributed by atoms with Crippen molar-refractivity contribution in [2.45, 2.75) is 193 Å². The smallest absolute Gasteiger partial charge is 0.410 e. The molecule has 2 saturated heterocycles. The first kappa shape index (κ1) is 67.1. The molecule has 18 nitrogen and oxygen atoms in total. The lowest BCUT2D eigenvalue weighted by Crippen LogP contribution is -2.59. The number of sulfonamides is 1. The van der Waals surface area contributed by atoms with E-state index in [1.54, 1.807) is 72.4 Å². The molecule has 0 unspecified atom stereocenters. The van der Waals surface area contributed by atoms with Crippen molar-refractivity contribution in [1.29, 1.82) is 0 Å². The molecule has 2 N–H and O–H groups in total. The molecule has 20 heteroatoms. The van der Waals surface area contributed by atoms with Gasteiger partial charge in [-0.2, -0.15) is 4.31 Å². The highest BCUT2D eigenvalue weighted by Gasteiger charge is 2.44. The molecule has 0 spiro atoms. The fourth-order valence-corrected chi connectivity index (χ4v) is 12.3. The summed E-state index contributed by atoms with van der Waals surface area (Å²) in [5.41, 5.74) is -0.836. The summed E-state index contributed by atoms with van der Waals surface area (Å²) in [5.74, 6) is -1.51. The lowest BCUT2D eigenvalue weighted by atomic mass is 9.85. The molecule has 0 aromatic heterocycles. The number of carbonyl (C=O) groups excluding carboxylic acids is 6. The van der Waals surface area contributed by atoms with E-state index in [0.29, 0.717) is 45.4 Å². The standard InChI is InChI=1S/C62H94N8O10S2/c1-43(65(15)57(75)79-61(9,10)11)53(71)63-51(59(3,4)5)55(73)69-37-23-29-47(69)41-67(39-35-45-25-19-17-20-26-45)81-49-31-33-50(34-32-49)82(77,78)68(40-36-46-27-21-18-22-28-46)42-48-30-24-38-70(48)56(74)52(60(6,7)8)64-54(72)44(2)66(16)58(76)80-62(12,13)14/h17-22,25-28,31-34,43-44,47-48,51-52H,23-24,29-30,35-42H2,1-16H3,(H,63,71)(H,64,72)/t43-,44-,47-,48-,51+,52+/m0/s1. The van der Waals surface area contributed by atoms with Crippen molar-refractivity contribution in [3.63, 3.8) is 0 Å². The average Bonchev–Trinajstić information content (AvgIpc) is 4.25. The van der Waals surface area contributed by atoms with Gasteiger partial charge in [-0.1, -0.05) is 102 Å². The third kappa shape index (κ3) is 19.2. The molecule has 3 aromatic carbocycles. The van der Waals surface area contributed by atoms with Gasteiger partial charge in [0.15, 0.2) is 0 Å². The molecule has 0 bridgehead atoms. The van der Waals surface area contributed by atoms with Crippen LogP contribution in [0, 0.1) is 10.8 Å². The summed E-state index contributed by atoms with van der Waals surface area (Å²) in [6, 6.07) is 22.3. The van der Waals surface area contributed by atoms with Crippen LogP contribution in [0.4, 0.5) is 9.59 Å². The van der Waals surface area contributed by atoms with Crippen LogP contribution >= 0.6 is 11.9 Å². The van der Waals surface area contributed by atoms with Crippen LogP contribution in [0.5, 0.6) is 0 Å². The number of likely N-dealkylation sites (tertiary alicyclic amines) is 2. The van der Waals surface area contributed by atoms with E-state index in [2.05, 4.69) is 27.1 Å². The van der Waals surface area contributed by atoms with Gasteiger partial charge in [-0.3, -0.25) is 29.0 Å². The topological polar surface area (TPSA) is 199 Å². The minimum atomic E-state index is -4.14. The molecule has 0 saturated carbocycles. The maximum absolute atomic E-state index is 15.0. The van der Waals surface area contributed by atoms with E-state index in [1.807, 2.05) is 107 Å². The van der Waals surface area contributed by atoms with Crippen molar-refractivity contribution < 1.29 is 46.7 Å². The largest absolute Gasteiger partial charge is 0.444 e. The number of nitrogens with zero attached hydrogens (tertiary/aromatic N) is 6. The second kappa shape index (κ2) is 28.3. The van der Waals surface area contributed by atoms with Crippen molar-refractivity contribution in [3.8, 4) is 0 Å². The van der Waals surface area contributed by atoms with Crippen LogP contribution in [0.15, 0.2) is 94.7 Å². The first-order chi connectivity index (χ1) is 38.1. The highest BCUT2D eigenvalue weighted by Crippen LogP contribution is 2.33. The summed E-state index contributed by atoms with van der Waals surface area (Å²) in [6.45, 7) is 27.2. The maximum atomic E-state index is 15.0. The van der Waals surface area contributed by atoms with E-state index in [1.165, 1.54) is 40.1 Å². The second-order valence-corrected chi connectivity index (χ2v) is 29.2. The van der Waals surface area contributed by atoms with E-state index in [9.17, 15) is 28.8 Å². The monoisotopic (exact) mass is 1170 g/mol. The van der Waals surface area contributed by atoms with Crippen molar-refractivity contribution in [3.05, 3.63) is 96.1 Å². The van der Waals surface area contributed by atoms with Gasteiger partial charge in [0.25, 0.3) is 0 Å². The van der Waals surface area contributed by atoms with Gasteiger partial charge in [-0.05, 0) is 152 Å². The number of nitrogens with one attached hydrogen (secondary N) is 2. The first-order valence-electron chi connectivity index (χ1n) is 28.8. The highest BCUT2D eigenvalue weighted by molar-refractivity contribution is 7.97. The quantitative estimate of drug-likeness (QED) is 0.0907. The third-order valence-corrected chi connectivity index (χ3v) is 17.9. The van der Waals surface area contributed by atoms with Crippen molar-refractivity contribution in [2.24, 2.45) is 10.8 Å². The molecule has 5 rings (SSSR count). The van der Waals surface area contributed by atoms with Gasteiger partial charge in [0.05, 0.1) is 4.90 Å². The molecule has 6 atom stereocenters. The van der Waals surface area contributed by atoms with Crippen molar-refractivity contribution in [2.75, 3.05) is 53.4 Å². The number of hydrogen-bond acceptors (Lipinski definition) is 12. The summed E-state index contributed by atoms with van der Waals surface area (Å²) >= 11 is 1.50. The summed E-state index contributed by atoms with van der Waals surface area (Å²) < 4.78 is 44.7. The Balaban J connectivity index is 1.37. The minimum Gasteiger partial charge on any atom is -0.444 e. The van der Waals surface area contributed by atoms with Gasteiger partial charge in [0.2, 0.25) is 33.7 Å². The zero-order valence-corrected chi connectivity index (χ0v) is 53.2.